The van der Waals surface area contributed by atoms with Gasteiger partial charge in [0.2, 0.25) is 11.8 Å². The van der Waals surface area contributed by atoms with Crippen LogP contribution < -0.4 is 10.6 Å². The molecule has 1 heterocycles. The van der Waals surface area contributed by atoms with E-state index in [0.29, 0.717) is 24.9 Å². The van der Waals surface area contributed by atoms with Gasteiger partial charge in [-0.3, -0.25) is 19.5 Å². The third kappa shape index (κ3) is 4.54. The molecule has 4 rings (SSSR count). The van der Waals surface area contributed by atoms with E-state index in [0.717, 1.165) is 37.8 Å². The van der Waals surface area contributed by atoms with E-state index in [4.69, 9.17) is 0 Å². The van der Waals surface area contributed by atoms with Crippen molar-refractivity contribution in [2.24, 2.45) is 34.6 Å². The highest BCUT2D eigenvalue weighted by molar-refractivity contribution is 14.0. The van der Waals surface area contributed by atoms with E-state index in [1.165, 1.54) is 30.6 Å². The molecule has 1 aliphatic heterocycles. The van der Waals surface area contributed by atoms with Crippen LogP contribution in [0.15, 0.2) is 17.1 Å². The van der Waals surface area contributed by atoms with Crippen molar-refractivity contribution in [3.05, 3.63) is 12.2 Å². The summed E-state index contributed by atoms with van der Waals surface area (Å²) < 4.78 is 0. The molecule has 0 aromatic carbocycles. The zero-order chi connectivity index (χ0) is 18.8. The van der Waals surface area contributed by atoms with Crippen LogP contribution in [0.1, 0.15) is 45.4 Å². The van der Waals surface area contributed by atoms with Gasteiger partial charge in [0.25, 0.3) is 0 Å². The van der Waals surface area contributed by atoms with E-state index < -0.39 is 0 Å². The van der Waals surface area contributed by atoms with E-state index in [1.807, 2.05) is 0 Å². The van der Waals surface area contributed by atoms with Crippen LogP contribution >= 0.6 is 24.0 Å². The molecule has 2 N–H and O–H groups in total. The first-order valence-electron chi connectivity index (χ1n) is 10.7. The van der Waals surface area contributed by atoms with E-state index >= 15 is 0 Å². The molecule has 3 aliphatic carbocycles. The monoisotopic (exact) mass is 500 g/mol. The van der Waals surface area contributed by atoms with Gasteiger partial charge in [-0.05, 0) is 50.4 Å². The number of likely N-dealkylation sites (tertiary alicyclic amines) is 1. The molecule has 4 unspecified atom stereocenters. The molecule has 2 amide bonds. The number of guanidine groups is 1. The second-order valence-corrected chi connectivity index (χ2v) is 8.45. The number of nitrogens with zero attached hydrogens (tertiary/aromatic N) is 2. The summed E-state index contributed by atoms with van der Waals surface area (Å²) in [5, 5.41) is 6.65. The van der Waals surface area contributed by atoms with Gasteiger partial charge in [0.1, 0.15) is 0 Å². The first kappa shape index (κ1) is 21.6. The van der Waals surface area contributed by atoms with Gasteiger partial charge in [-0.2, -0.15) is 0 Å². The Morgan fingerprint density at radius 2 is 1.79 bits per heavy atom. The highest BCUT2D eigenvalue weighted by atomic mass is 127. The van der Waals surface area contributed by atoms with Gasteiger partial charge in [-0.25, -0.2) is 0 Å². The fourth-order valence-corrected chi connectivity index (χ4v) is 4.95. The number of hydrogen-bond acceptors (Lipinski definition) is 3. The van der Waals surface area contributed by atoms with Crippen LogP contribution in [-0.4, -0.2) is 48.9 Å². The Hall–Kier alpha value is -1.12. The number of nitrogens with one attached hydrogen (secondary N) is 2. The minimum absolute atomic E-state index is 0. The summed E-state index contributed by atoms with van der Waals surface area (Å²) in [5.74, 6) is 2.33. The molecule has 2 bridgehead atoms. The van der Waals surface area contributed by atoms with Gasteiger partial charge in [0, 0.05) is 26.2 Å². The lowest BCUT2D eigenvalue weighted by atomic mass is 9.85. The number of imide groups is 1. The van der Waals surface area contributed by atoms with Crippen LogP contribution in [0.3, 0.4) is 0 Å². The van der Waals surface area contributed by atoms with Crippen LogP contribution in [0.4, 0.5) is 0 Å². The van der Waals surface area contributed by atoms with Gasteiger partial charge in [0.05, 0.1) is 11.8 Å². The second kappa shape index (κ2) is 9.59. The maximum atomic E-state index is 12.7. The Labute approximate surface area is 185 Å². The van der Waals surface area contributed by atoms with E-state index in [2.05, 4.69) is 34.7 Å². The number of halogens is 1. The molecule has 156 valence electrons. The van der Waals surface area contributed by atoms with Crippen LogP contribution in [0.2, 0.25) is 0 Å². The topological polar surface area (TPSA) is 73.8 Å². The van der Waals surface area contributed by atoms with Crippen molar-refractivity contribution in [1.29, 1.82) is 0 Å². The first-order valence-corrected chi connectivity index (χ1v) is 10.7. The van der Waals surface area contributed by atoms with Gasteiger partial charge in [0.15, 0.2) is 5.96 Å². The third-order valence-corrected chi connectivity index (χ3v) is 6.49. The van der Waals surface area contributed by atoms with E-state index in [9.17, 15) is 9.59 Å². The van der Waals surface area contributed by atoms with Crippen LogP contribution in [0.5, 0.6) is 0 Å². The lowest BCUT2D eigenvalue weighted by Crippen LogP contribution is -2.38. The number of rotatable bonds is 9. The fraction of sp³-hybridized carbons (Fsp3) is 0.762. The van der Waals surface area contributed by atoms with Crippen LogP contribution in [0.25, 0.3) is 0 Å². The molecule has 7 heteroatoms. The van der Waals surface area contributed by atoms with Crippen molar-refractivity contribution in [1.82, 2.24) is 15.5 Å². The summed E-state index contributed by atoms with van der Waals surface area (Å²) in [7, 11) is 0. The number of allylic oxidation sites excluding steroid dienone is 2. The number of aliphatic imine (C=N–C) groups is 1. The van der Waals surface area contributed by atoms with Crippen molar-refractivity contribution < 1.29 is 9.59 Å². The molecular weight excluding hydrogens is 467 g/mol. The molecular formula is C21H33IN4O2. The third-order valence-electron chi connectivity index (χ3n) is 6.49. The quantitative estimate of drug-likeness (QED) is 0.128. The van der Waals surface area contributed by atoms with E-state index in [1.54, 1.807) is 0 Å². The Balaban J connectivity index is 0.00000225. The summed E-state index contributed by atoms with van der Waals surface area (Å²) >= 11 is 0. The Kier molecular flexibility index (Phi) is 7.39. The zero-order valence-corrected chi connectivity index (χ0v) is 19.1. The minimum Gasteiger partial charge on any atom is -0.357 e. The number of hydrogen-bond donors (Lipinski definition) is 2. The predicted octanol–water partition coefficient (Wildman–Crippen LogP) is 2.55. The van der Waals surface area contributed by atoms with Crippen LogP contribution in [0, 0.1) is 29.6 Å². The summed E-state index contributed by atoms with van der Waals surface area (Å²) in [5.41, 5.74) is 0. The highest BCUT2D eigenvalue weighted by Crippen LogP contribution is 2.52. The van der Waals surface area contributed by atoms with Crippen molar-refractivity contribution in [2.45, 2.75) is 45.4 Å². The van der Waals surface area contributed by atoms with Gasteiger partial charge < -0.3 is 10.6 Å². The molecule has 0 aromatic heterocycles. The number of amides is 2. The Morgan fingerprint density at radius 1 is 1.11 bits per heavy atom. The molecule has 0 radical (unpaired) electrons. The number of carbonyl (C=O) groups excluding carboxylic acids is 2. The second-order valence-electron chi connectivity index (χ2n) is 8.45. The van der Waals surface area contributed by atoms with Gasteiger partial charge in [-0.15, -0.1) is 24.0 Å². The molecule has 0 aromatic rings. The largest absolute Gasteiger partial charge is 0.357 e. The minimum atomic E-state index is -0.0820. The van der Waals surface area contributed by atoms with E-state index in [-0.39, 0.29) is 47.6 Å². The average Bonchev–Trinajstić information content (AvgIpc) is 3.16. The normalized spacial score (nSPS) is 30.6. The molecule has 0 spiro atoms. The molecule has 4 atom stereocenters. The molecule has 1 saturated heterocycles. The molecule has 2 saturated carbocycles. The summed E-state index contributed by atoms with van der Waals surface area (Å²) in [6.45, 7) is 4.95. The van der Waals surface area contributed by atoms with Crippen molar-refractivity contribution in [3.63, 3.8) is 0 Å². The Bertz CT molecular complexity index is 616. The summed E-state index contributed by atoms with van der Waals surface area (Å²) in [6, 6.07) is 0. The first-order chi connectivity index (χ1) is 13.2. The predicted molar refractivity (Wildman–Crippen MR) is 120 cm³/mol. The number of fused-ring (bicyclic) bond motifs is 5. The molecule has 28 heavy (non-hydrogen) atoms. The molecule has 3 fully saturated rings. The summed E-state index contributed by atoms with van der Waals surface area (Å²) in [4.78, 5) is 31.4. The SMILES string of the molecule is CCNC(=NCCCN1C(=O)C2C3C=CC(C3)C2C1=O)NCCCC1CC1.I. The van der Waals surface area contributed by atoms with Crippen molar-refractivity contribution in [2.75, 3.05) is 26.2 Å². The average molecular weight is 500 g/mol. The maximum Gasteiger partial charge on any atom is 0.233 e. The lowest BCUT2D eigenvalue weighted by molar-refractivity contribution is -0.140. The lowest BCUT2D eigenvalue weighted by Gasteiger charge is -2.17. The zero-order valence-electron chi connectivity index (χ0n) is 16.7. The molecule has 4 aliphatic rings. The Morgan fingerprint density at radius 3 is 2.39 bits per heavy atom. The highest BCUT2D eigenvalue weighted by Gasteiger charge is 2.58. The smallest absolute Gasteiger partial charge is 0.233 e. The maximum absolute atomic E-state index is 12.7. The molecule has 6 nitrogen and oxygen atoms in total. The van der Waals surface area contributed by atoms with Crippen LogP contribution in [-0.2, 0) is 9.59 Å². The van der Waals surface area contributed by atoms with Gasteiger partial charge >= 0.3 is 0 Å². The fourth-order valence-electron chi connectivity index (χ4n) is 4.95. The van der Waals surface area contributed by atoms with Gasteiger partial charge in [-0.1, -0.05) is 25.0 Å². The summed E-state index contributed by atoms with van der Waals surface area (Å²) in [6.07, 6.45) is 11.3. The standard InChI is InChI=1S/C21H32N4O2.HI/c1-2-22-21(23-10-3-5-14-6-7-14)24-11-4-12-25-19(26)17-15-8-9-16(13-15)18(17)20(25)27;/h8-9,14-18H,2-7,10-13H2,1H3,(H2,22,23,24);1H. The number of carbonyl (C=O) groups is 2. The van der Waals surface area contributed by atoms with Crippen molar-refractivity contribution in [3.8, 4) is 0 Å². The van der Waals surface area contributed by atoms with Crippen molar-refractivity contribution >= 4 is 41.8 Å².